The van der Waals surface area contributed by atoms with Gasteiger partial charge in [-0.05, 0) is 37.8 Å². The van der Waals surface area contributed by atoms with Crippen molar-refractivity contribution >= 4 is 17.3 Å². The highest BCUT2D eigenvalue weighted by molar-refractivity contribution is 6.33. The third-order valence-electron chi connectivity index (χ3n) is 4.25. The van der Waals surface area contributed by atoms with E-state index in [1.807, 2.05) is 24.3 Å². The summed E-state index contributed by atoms with van der Waals surface area (Å²) >= 11 is 6.13. The van der Waals surface area contributed by atoms with Crippen LogP contribution in [0, 0.1) is 0 Å². The van der Waals surface area contributed by atoms with Gasteiger partial charge in [-0.15, -0.1) is 0 Å². The molecule has 0 radical (unpaired) electrons. The zero-order valence-corrected chi connectivity index (χ0v) is 11.4. The van der Waals surface area contributed by atoms with Gasteiger partial charge in [0.2, 0.25) is 0 Å². The average Bonchev–Trinajstić information content (AvgIpc) is 3.00. The van der Waals surface area contributed by atoms with Crippen LogP contribution in [0.1, 0.15) is 38.5 Å². The number of hydrogen-bond donors (Lipinski definition) is 1. The summed E-state index contributed by atoms with van der Waals surface area (Å²) in [6, 6.07) is 7.88. The van der Waals surface area contributed by atoms with E-state index in [4.69, 9.17) is 16.3 Å². The maximum atomic E-state index is 6.27. The van der Waals surface area contributed by atoms with Gasteiger partial charge in [-0.3, -0.25) is 0 Å². The Morgan fingerprint density at radius 1 is 1.22 bits per heavy atom. The Hall–Kier alpha value is -0.730. The van der Waals surface area contributed by atoms with E-state index in [0.29, 0.717) is 6.10 Å². The van der Waals surface area contributed by atoms with Gasteiger partial charge in [0.25, 0.3) is 0 Å². The molecular formula is C15H20ClNO. The van der Waals surface area contributed by atoms with Gasteiger partial charge in [0, 0.05) is 6.54 Å². The molecule has 2 nitrogen and oxygen atoms in total. The van der Waals surface area contributed by atoms with Crippen LogP contribution in [0.4, 0.5) is 5.69 Å². The summed E-state index contributed by atoms with van der Waals surface area (Å²) < 4.78 is 6.27. The second kappa shape index (κ2) is 5.10. The average molecular weight is 266 g/mol. The summed E-state index contributed by atoms with van der Waals surface area (Å²) in [7, 11) is 0. The number of nitrogens with one attached hydrogen (secondary N) is 1. The highest BCUT2D eigenvalue weighted by Gasteiger charge is 2.41. The van der Waals surface area contributed by atoms with Crippen LogP contribution in [0.3, 0.4) is 0 Å². The van der Waals surface area contributed by atoms with Crippen LogP contribution in [0.15, 0.2) is 24.3 Å². The number of rotatable bonds is 3. The predicted molar refractivity (Wildman–Crippen MR) is 75.2 cm³/mol. The standard InChI is InChI=1S/C15H20ClNO/c16-13-5-1-2-6-14(13)17-11-12-7-10-15(18-12)8-3-4-9-15/h1-2,5-6,12,17H,3-4,7-11H2. The first kappa shape index (κ1) is 12.3. The van der Waals surface area contributed by atoms with Gasteiger partial charge < -0.3 is 10.1 Å². The number of ether oxygens (including phenoxy) is 1. The molecule has 1 aromatic rings. The van der Waals surface area contributed by atoms with Crippen molar-refractivity contribution in [2.24, 2.45) is 0 Å². The molecule has 1 heterocycles. The summed E-state index contributed by atoms with van der Waals surface area (Å²) in [6.07, 6.45) is 7.96. The lowest BCUT2D eigenvalue weighted by Crippen LogP contribution is -2.27. The third kappa shape index (κ3) is 2.50. The Balaban J connectivity index is 1.54. The van der Waals surface area contributed by atoms with Crippen molar-refractivity contribution in [1.29, 1.82) is 0 Å². The van der Waals surface area contributed by atoms with Crippen molar-refractivity contribution in [3.05, 3.63) is 29.3 Å². The monoisotopic (exact) mass is 265 g/mol. The molecule has 0 aromatic heterocycles. The lowest BCUT2D eigenvalue weighted by molar-refractivity contribution is -0.0307. The summed E-state index contributed by atoms with van der Waals surface area (Å²) in [5, 5.41) is 4.19. The molecule has 1 aromatic carbocycles. The SMILES string of the molecule is Clc1ccccc1NCC1CCC2(CCCC2)O1. The van der Waals surface area contributed by atoms with E-state index < -0.39 is 0 Å². The summed E-state index contributed by atoms with van der Waals surface area (Å²) in [4.78, 5) is 0. The van der Waals surface area contributed by atoms with Crippen molar-refractivity contribution in [3.8, 4) is 0 Å². The Morgan fingerprint density at radius 3 is 2.78 bits per heavy atom. The van der Waals surface area contributed by atoms with Crippen molar-refractivity contribution in [2.45, 2.75) is 50.2 Å². The normalized spacial score (nSPS) is 25.7. The van der Waals surface area contributed by atoms with Crippen molar-refractivity contribution in [3.63, 3.8) is 0 Å². The molecule has 1 aliphatic heterocycles. The highest BCUT2D eigenvalue weighted by atomic mass is 35.5. The molecule has 2 aliphatic rings. The minimum atomic E-state index is 0.229. The van der Waals surface area contributed by atoms with Gasteiger partial charge in [0.05, 0.1) is 22.4 Å². The smallest absolute Gasteiger partial charge is 0.0756 e. The predicted octanol–water partition coefficient (Wildman–Crippen LogP) is 4.24. The van der Waals surface area contributed by atoms with Gasteiger partial charge in [0.1, 0.15) is 0 Å². The highest BCUT2D eigenvalue weighted by Crippen LogP contribution is 2.43. The fourth-order valence-electron chi connectivity index (χ4n) is 3.25. The number of anilines is 1. The molecule has 1 atom stereocenters. The third-order valence-corrected chi connectivity index (χ3v) is 4.58. The van der Waals surface area contributed by atoms with Crippen LogP contribution in [-0.4, -0.2) is 18.2 Å². The molecule has 1 N–H and O–H groups in total. The zero-order chi connectivity index (χ0) is 12.4. The van der Waals surface area contributed by atoms with E-state index >= 15 is 0 Å². The molecule has 3 rings (SSSR count). The van der Waals surface area contributed by atoms with Gasteiger partial charge >= 0.3 is 0 Å². The Kier molecular flexibility index (Phi) is 3.49. The molecule has 1 spiro atoms. The lowest BCUT2D eigenvalue weighted by atomic mass is 9.98. The van der Waals surface area contributed by atoms with E-state index in [1.165, 1.54) is 38.5 Å². The van der Waals surface area contributed by atoms with E-state index in [1.54, 1.807) is 0 Å². The van der Waals surface area contributed by atoms with Crippen molar-refractivity contribution in [1.82, 2.24) is 0 Å². The van der Waals surface area contributed by atoms with Gasteiger partial charge in [-0.2, -0.15) is 0 Å². The summed E-state index contributed by atoms with van der Waals surface area (Å²) in [5.41, 5.74) is 1.24. The molecule has 1 unspecified atom stereocenters. The molecule has 0 amide bonds. The van der Waals surface area contributed by atoms with Crippen LogP contribution >= 0.6 is 11.6 Å². The van der Waals surface area contributed by atoms with Crippen LogP contribution in [-0.2, 0) is 4.74 Å². The second-order valence-electron chi connectivity index (χ2n) is 5.53. The number of halogens is 1. The van der Waals surface area contributed by atoms with Gasteiger partial charge in [-0.1, -0.05) is 36.6 Å². The number of benzene rings is 1. The lowest BCUT2D eigenvalue weighted by Gasteiger charge is -2.24. The molecule has 2 fully saturated rings. The fourth-order valence-corrected chi connectivity index (χ4v) is 3.46. The molecular weight excluding hydrogens is 246 g/mol. The zero-order valence-electron chi connectivity index (χ0n) is 10.6. The van der Waals surface area contributed by atoms with Crippen LogP contribution in [0.25, 0.3) is 0 Å². The van der Waals surface area contributed by atoms with Crippen LogP contribution in [0.5, 0.6) is 0 Å². The molecule has 18 heavy (non-hydrogen) atoms. The molecule has 3 heteroatoms. The van der Waals surface area contributed by atoms with E-state index in [9.17, 15) is 0 Å². The van der Waals surface area contributed by atoms with Crippen LogP contribution < -0.4 is 5.32 Å². The van der Waals surface area contributed by atoms with Crippen molar-refractivity contribution in [2.75, 3.05) is 11.9 Å². The molecule has 1 saturated carbocycles. The maximum absolute atomic E-state index is 6.27. The van der Waals surface area contributed by atoms with Gasteiger partial charge in [0.15, 0.2) is 0 Å². The molecule has 1 saturated heterocycles. The number of hydrogen-bond acceptors (Lipinski definition) is 2. The van der Waals surface area contributed by atoms with E-state index in [0.717, 1.165) is 17.3 Å². The van der Waals surface area contributed by atoms with E-state index in [2.05, 4.69) is 5.32 Å². The first-order valence-corrected chi connectivity index (χ1v) is 7.31. The first-order valence-electron chi connectivity index (χ1n) is 6.94. The second-order valence-corrected chi connectivity index (χ2v) is 5.94. The quantitative estimate of drug-likeness (QED) is 0.882. The minimum Gasteiger partial charge on any atom is -0.381 e. The summed E-state index contributed by atoms with van der Waals surface area (Å²) in [6.45, 7) is 0.867. The van der Waals surface area contributed by atoms with Crippen LogP contribution in [0.2, 0.25) is 5.02 Å². The number of para-hydroxylation sites is 1. The Bertz CT molecular complexity index is 415. The Labute approximate surface area is 114 Å². The topological polar surface area (TPSA) is 21.3 Å². The molecule has 0 bridgehead atoms. The van der Waals surface area contributed by atoms with E-state index in [-0.39, 0.29) is 5.60 Å². The first-order chi connectivity index (χ1) is 8.77. The fraction of sp³-hybridized carbons (Fsp3) is 0.600. The molecule has 98 valence electrons. The Morgan fingerprint density at radius 2 is 2.00 bits per heavy atom. The largest absolute Gasteiger partial charge is 0.381 e. The molecule has 1 aliphatic carbocycles. The summed E-state index contributed by atoms with van der Waals surface area (Å²) in [5.74, 6) is 0. The minimum absolute atomic E-state index is 0.229. The van der Waals surface area contributed by atoms with Crippen molar-refractivity contribution < 1.29 is 4.74 Å². The maximum Gasteiger partial charge on any atom is 0.0756 e. The van der Waals surface area contributed by atoms with Gasteiger partial charge in [-0.25, -0.2) is 0 Å².